The Morgan fingerprint density at radius 1 is 1.04 bits per heavy atom. The van der Waals surface area contributed by atoms with Crippen LogP contribution in [-0.2, 0) is 0 Å². The van der Waals surface area contributed by atoms with Gasteiger partial charge >= 0.3 is 0 Å². The van der Waals surface area contributed by atoms with Gasteiger partial charge in [0, 0.05) is 41.3 Å². The van der Waals surface area contributed by atoms with Crippen LogP contribution in [0.4, 0.5) is 5.69 Å². The topological polar surface area (TPSA) is 32.0 Å². The minimum Gasteiger partial charge on any atom is -0.378 e. The SMILES string of the molecule is Cc1cc(/C=C(\C#N)c2ccc(Br)cc2)c(C)n1-c1ccc(N(C)C)cc1. The molecule has 3 aromatic rings. The second-order valence-electron chi connectivity index (χ2n) is 6.75. The maximum Gasteiger partial charge on any atom is 0.0998 e. The summed E-state index contributed by atoms with van der Waals surface area (Å²) in [5.41, 5.74) is 7.19. The minimum absolute atomic E-state index is 0.658. The molecule has 0 fully saturated rings. The van der Waals surface area contributed by atoms with Crippen LogP contribution in [0, 0.1) is 25.2 Å². The van der Waals surface area contributed by atoms with E-state index >= 15 is 0 Å². The summed E-state index contributed by atoms with van der Waals surface area (Å²) in [6, 6.07) is 20.8. The molecule has 0 radical (unpaired) electrons. The van der Waals surface area contributed by atoms with Gasteiger partial charge in [-0.3, -0.25) is 0 Å². The van der Waals surface area contributed by atoms with E-state index in [-0.39, 0.29) is 0 Å². The van der Waals surface area contributed by atoms with Gasteiger partial charge in [0.1, 0.15) is 0 Å². The van der Waals surface area contributed by atoms with Crippen LogP contribution in [0.1, 0.15) is 22.5 Å². The van der Waals surface area contributed by atoms with Gasteiger partial charge in [-0.25, -0.2) is 0 Å². The number of aryl methyl sites for hydroxylation is 1. The standard InChI is InChI=1S/C23H22BrN3/c1-16-13-19(14-20(15-25)18-5-7-21(24)8-6-18)17(2)27(16)23-11-9-22(10-12-23)26(3)4/h5-14H,1-4H3/b20-14+. The van der Waals surface area contributed by atoms with Crippen LogP contribution in [0.15, 0.2) is 59.1 Å². The number of halogens is 1. The van der Waals surface area contributed by atoms with E-state index in [2.05, 4.69) is 75.6 Å². The van der Waals surface area contributed by atoms with Crippen molar-refractivity contribution in [3.05, 3.63) is 81.6 Å². The Kier molecular flexibility index (Phi) is 5.53. The molecule has 3 nitrogen and oxygen atoms in total. The molecule has 2 aromatic carbocycles. The first kappa shape index (κ1) is 19.0. The number of benzene rings is 2. The van der Waals surface area contributed by atoms with Crippen LogP contribution in [0.3, 0.4) is 0 Å². The highest BCUT2D eigenvalue weighted by molar-refractivity contribution is 9.10. The minimum atomic E-state index is 0.658. The van der Waals surface area contributed by atoms with E-state index in [0.717, 1.165) is 32.7 Å². The average molecular weight is 420 g/mol. The molecule has 0 atom stereocenters. The lowest BCUT2D eigenvalue weighted by Crippen LogP contribution is -2.08. The van der Waals surface area contributed by atoms with Crippen LogP contribution in [0.25, 0.3) is 17.3 Å². The van der Waals surface area contributed by atoms with Gasteiger partial charge in [0.15, 0.2) is 0 Å². The van der Waals surface area contributed by atoms with E-state index in [1.54, 1.807) is 0 Å². The Morgan fingerprint density at radius 3 is 2.22 bits per heavy atom. The normalized spacial score (nSPS) is 11.3. The van der Waals surface area contributed by atoms with Crippen molar-refractivity contribution < 1.29 is 0 Å². The van der Waals surface area contributed by atoms with Gasteiger partial charge in [0.2, 0.25) is 0 Å². The average Bonchev–Trinajstić information content (AvgIpc) is 2.94. The second-order valence-corrected chi connectivity index (χ2v) is 7.67. The van der Waals surface area contributed by atoms with E-state index < -0.39 is 0 Å². The first-order valence-corrected chi connectivity index (χ1v) is 9.54. The summed E-state index contributed by atoms with van der Waals surface area (Å²) >= 11 is 3.44. The van der Waals surface area contributed by atoms with Gasteiger partial charge < -0.3 is 9.47 Å². The molecule has 27 heavy (non-hydrogen) atoms. The summed E-state index contributed by atoms with van der Waals surface area (Å²) in [4.78, 5) is 2.09. The number of nitriles is 1. The molecule has 0 amide bonds. The van der Waals surface area contributed by atoms with E-state index in [1.165, 1.54) is 5.69 Å². The van der Waals surface area contributed by atoms with Crippen LogP contribution in [-0.4, -0.2) is 18.7 Å². The molecule has 136 valence electrons. The molecule has 0 aliphatic rings. The van der Waals surface area contributed by atoms with Crippen molar-refractivity contribution in [1.29, 1.82) is 5.26 Å². The maximum atomic E-state index is 9.64. The largest absolute Gasteiger partial charge is 0.378 e. The number of hydrogen-bond acceptors (Lipinski definition) is 2. The van der Waals surface area contributed by atoms with Crippen LogP contribution in [0.5, 0.6) is 0 Å². The van der Waals surface area contributed by atoms with Crippen molar-refractivity contribution in [3.8, 4) is 11.8 Å². The highest BCUT2D eigenvalue weighted by atomic mass is 79.9. The highest BCUT2D eigenvalue weighted by Crippen LogP contribution is 2.26. The quantitative estimate of drug-likeness (QED) is 0.486. The highest BCUT2D eigenvalue weighted by Gasteiger charge is 2.11. The zero-order chi connectivity index (χ0) is 19.6. The van der Waals surface area contributed by atoms with Crippen LogP contribution >= 0.6 is 15.9 Å². The second kappa shape index (κ2) is 7.85. The molecule has 0 bridgehead atoms. The third kappa shape index (κ3) is 3.99. The van der Waals surface area contributed by atoms with Crippen molar-refractivity contribution >= 4 is 33.3 Å². The van der Waals surface area contributed by atoms with Crippen LogP contribution < -0.4 is 4.90 Å². The van der Waals surface area contributed by atoms with Crippen molar-refractivity contribution in [2.75, 3.05) is 19.0 Å². The number of anilines is 1. The van der Waals surface area contributed by atoms with Crippen molar-refractivity contribution in [1.82, 2.24) is 4.57 Å². The summed E-state index contributed by atoms with van der Waals surface area (Å²) in [7, 11) is 4.07. The molecule has 4 heteroatoms. The fourth-order valence-corrected chi connectivity index (χ4v) is 3.46. The van der Waals surface area contributed by atoms with Crippen molar-refractivity contribution in [2.45, 2.75) is 13.8 Å². The third-order valence-corrected chi connectivity index (χ3v) is 5.20. The number of nitrogens with zero attached hydrogens (tertiary/aromatic N) is 3. The van der Waals surface area contributed by atoms with E-state index in [4.69, 9.17) is 0 Å². The Bertz CT molecular complexity index is 1020. The molecule has 0 spiro atoms. The Hall–Kier alpha value is -2.77. The van der Waals surface area contributed by atoms with Crippen molar-refractivity contribution in [3.63, 3.8) is 0 Å². The summed E-state index contributed by atoms with van der Waals surface area (Å²) < 4.78 is 3.23. The van der Waals surface area contributed by atoms with Crippen LogP contribution in [0.2, 0.25) is 0 Å². The molecule has 1 heterocycles. The molecule has 0 saturated heterocycles. The summed E-state index contributed by atoms with van der Waals surface area (Å²) in [5.74, 6) is 0. The first-order chi connectivity index (χ1) is 12.9. The maximum absolute atomic E-state index is 9.64. The number of hydrogen-bond donors (Lipinski definition) is 0. The van der Waals surface area contributed by atoms with Gasteiger partial charge in [-0.05, 0) is 73.5 Å². The fourth-order valence-electron chi connectivity index (χ4n) is 3.20. The molecule has 3 rings (SSSR count). The van der Waals surface area contributed by atoms with E-state index in [1.807, 2.05) is 44.4 Å². The number of allylic oxidation sites excluding steroid dienone is 1. The van der Waals surface area contributed by atoms with Gasteiger partial charge in [-0.1, -0.05) is 28.1 Å². The van der Waals surface area contributed by atoms with Crippen molar-refractivity contribution in [2.24, 2.45) is 0 Å². The first-order valence-electron chi connectivity index (χ1n) is 8.75. The molecular weight excluding hydrogens is 398 g/mol. The summed E-state index contributed by atoms with van der Waals surface area (Å²) in [6.07, 6.45) is 1.97. The molecule has 0 saturated carbocycles. The monoisotopic (exact) mass is 419 g/mol. The molecular formula is C23H22BrN3. The molecule has 0 N–H and O–H groups in total. The van der Waals surface area contributed by atoms with Gasteiger partial charge in [-0.15, -0.1) is 0 Å². The summed E-state index contributed by atoms with van der Waals surface area (Å²) in [5, 5.41) is 9.64. The zero-order valence-electron chi connectivity index (χ0n) is 16.0. The van der Waals surface area contributed by atoms with Gasteiger partial charge in [-0.2, -0.15) is 5.26 Å². The summed E-state index contributed by atoms with van der Waals surface area (Å²) in [6.45, 7) is 4.19. The third-order valence-electron chi connectivity index (χ3n) is 4.67. The molecule has 0 aliphatic heterocycles. The van der Waals surface area contributed by atoms with Gasteiger partial charge in [0.05, 0.1) is 11.6 Å². The Balaban J connectivity index is 2.02. The zero-order valence-corrected chi connectivity index (χ0v) is 17.6. The lowest BCUT2D eigenvalue weighted by atomic mass is 10.0. The lowest BCUT2D eigenvalue weighted by molar-refractivity contribution is 0.963. The molecule has 1 aromatic heterocycles. The van der Waals surface area contributed by atoms with E-state index in [0.29, 0.717) is 5.57 Å². The predicted octanol–water partition coefficient (Wildman–Crippen LogP) is 5.99. The Morgan fingerprint density at radius 2 is 1.67 bits per heavy atom. The van der Waals surface area contributed by atoms with Gasteiger partial charge in [0.25, 0.3) is 0 Å². The number of rotatable bonds is 4. The smallest absolute Gasteiger partial charge is 0.0998 e. The Labute approximate surface area is 169 Å². The fraction of sp³-hybridized carbons (Fsp3) is 0.174. The predicted molar refractivity (Wildman–Crippen MR) is 117 cm³/mol. The van der Waals surface area contributed by atoms with E-state index in [9.17, 15) is 5.26 Å². The molecule has 0 unspecified atom stereocenters. The number of aromatic nitrogens is 1. The molecule has 0 aliphatic carbocycles. The lowest BCUT2D eigenvalue weighted by Gasteiger charge is -2.15.